The van der Waals surface area contributed by atoms with Crippen molar-refractivity contribution in [2.24, 2.45) is 0 Å². The first kappa shape index (κ1) is 19.9. The van der Waals surface area contributed by atoms with E-state index < -0.39 is 17.9 Å². The van der Waals surface area contributed by atoms with E-state index in [-0.39, 0.29) is 12.7 Å². The molecule has 0 amide bonds. The zero-order valence-corrected chi connectivity index (χ0v) is 16.7. The number of ether oxygens (including phenoxy) is 3. The van der Waals surface area contributed by atoms with E-state index in [1.807, 2.05) is 27.7 Å². The zero-order chi connectivity index (χ0) is 19.8. The molecule has 3 rings (SSSR count). The largest absolute Gasteiger partial charge is 0.513 e. The van der Waals surface area contributed by atoms with Crippen molar-refractivity contribution < 1.29 is 24.1 Å². The molecule has 0 saturated carbocycles. The topological polar surface area (TPSA) is 77.0 Å². The van der Waals surface area contributed by atoms with Gasteiger partial charge in [-0.15, -0.1) is 0 Å². The normalized spacial score (nSPS) is 27.9. The van der Waals surface area contributed by atoms with Crippen LogP contribution in [0.15, 0.2) is 17.9 Å². The third-order valence-electron chi connectivity index (χ3n) is 5.33. The maximum absolute atomic E-state index is 12.2. The number of carbonyl (C=O) groups is 1. The molecule has 2 heterocycles. The maximum atomic E-state index is 12.2. The first-order valence-electron chi connectivity index (χ1n) is 9.52. The molecule has 6 nitrogen and oxygen atoms in total. The molecule has 2 aliphatic heterocycles. The van der Waals surface area contributed by atoms with Gasteiger partial charge in [0, 0.05) is 12.2 Å². The molecule has 2 N–H and O–H groups in total. The lowest BCUT2D eigenvalue weighted by Crippen LogP contribution is -2.52. The molecular weight excluding hydrogens is 346 g/mol. The fraction of sp³-hybridized carbons (Fsp3) is 0.571. The Morgan fingerprint density at radius 1 is 1.33 bits per heavy atom. The van der Waals surface area contributed by atoms with Crippen molar-refractivity contribution in [3.05, 3.63) is 40.1 Å². The monoisotopic (exact) mass is 375 g/mol. The summed E-state index contributed by atoms with van der Waals surface area (Å²) in [6.07, 6.45) is -0.483. The van der Waals surface area contributed by atoms with Gasteiger partial charge in [0.1, 0.15) is 12.0 Å². The van der Waals surface area contributed by atoms with Crippen LogP contribution in [0.1, 0.15) is 48.9 Å². The molecule has 27 heavy (non-hydrogen) atoms. The van der Waals surface area contributed by atoms with Crippen LogP contribution in [0.4, 0.5) is 4.79 Å². The molecule has 0 radical (unpaired) electrons. The summed E-state index contributed by atoms with van der Waals surface area (Å²) >= 11 is 0. The highest BCUT2D eigenvalue weighted by molar-refractivity contribution is 5.80. The van der Waals surface area contributed by atoms with E-state index in [4.69, 9.17) is 14.2 Å². The fourth-order valence-corrected chi connectivity index (χ4v) is 4.44. The van der Waals surface area contributed by atoms with Crippen LogP contribution >= 0.6 is 0 Å². The SMILES string of the molecule is CCOC(=O)OC1=C(c2c(C)cc(C)cc2C)C(O)NC12CCOC(C)C2. The third-order valence-corrected chi connectivity index (χ3v) is 5.33. The molecular formula is C21H29NO5. The molecule has 3 unspecified atom stereocenters. The predicted octanol–water partition coefficient (Wildman–Crippen LogP) is 3.36. The van der Waals surface area contributed by atoms with E-state index in [1.54, 1.807) is 6.92 Å². The number of aliphatic hydroxyl groups excluding tert-OH is 1. The van der Waals surface area contributed by atoms with Crippen molar-refractivity contribution in [2.75, 3.05) is 13.2 Å². The van der Waals surface area contributed by atoms with E-state index in [1.165, 1.54) is 0 Å². The molecule has 3 atom stereocenters. The highest BCUT2D eigenvalue weighted by atomic mass is 16.7. The Hall–Kier alpha value is -1.89. The van der Waals surface area contributed by atoms with Gasteiger partial charge in [0.25, 0.3) is 0 Å². The van der Waals surface area contributed by atoms with Gasteiger partial charge >= 0.3 is 6.16 Å². The van der Waals surface area contributed by atoms with Crippen LogP contribution in [0, 0.1) is 20.8 Å². The molecule has 0 bridgehead atoms. The van der Waals surface area contributed by atoms with Crippen LogP contribution in [-0.2, 0) is 14.2 Å². The molecule has 0 aromatic heterocycles. The smallest absolute Gasteiger partial charge is 0.434 e. The van der Waals surface area contributed by atoms with E-state index in [0.29, 0.717) is 30.8 Å². The van der Waals surface area contributed by atoms with Crippen molar-refractivity contribution >= 4 is 11.7 Å². The lowest BCUT2D eigenvalue weighted by atomic mass is 9.84. The number of aliphatic hydroxyl groups is 1. The number of hydrogen-bond donors (Lipinski definition) is 2. The zero-order valence-electron chi connectivity index (χ0n) is 16.7. The number of benzene rings is 1. The maximum Gasteiger partial charge on any atom is 0.513 e. The Kier molecular flexibility index (Phi) is 5.60. The Morgan fingerprint density at radius 2 is 2.00 bits per heavy atom. The molecule has 2 aliphatic rings. The third kappa shape index (κ3) is 3.74. The average Bonchev–Trinajstić information content (AvgIpc) is 2.79. The molecule has 0 aliphatic carbocycles. The Morgan fingerprint density at radius 3 is 2.59 bits per heavy atom. The van der Waals surface area contributed by atoms with Gasteiger partial charge in [-0.2, -0.15) is 0 Å². The van der Waals surface area contributed by atoms with Crippen LogP contribution < -0.4 is 5.32 Å². The summed E-state index contributed by atoms with van der Waals surface area (Å²) in [5.74, 6) is 0.457. The molecule has 1 aromatic rings. The number of rotatable bonds is 3. The summed E-state index contributed by atoms with van der Waals surface area (Å²) in [4.78, 5) is 12.2. The van der Waals surface area contributed by atoms with Crippen molar-refractivity contribution in [3.8, 4) is 0 Å². The minimum Gasteiger partial charge on any atom is -0.434 e. The summed E-state index contributed by atoms with van der Waals surface area (Å²) in [6.45, 7) is 10.5. The van der Waals surface area contributed by atoms with Gasteiger partial charge in [-0.3, -0.25) is 5.32 Å². The van der Waals surface area contributed by atoms with Crippen LogP contribution in [0.3, 0.4) is 0 Å². The van der Waals surface area contributed by atoms with Gasteiger partial charge in [0.05, 0.1) is 18.2 Å². The van der Waals surface area contributed by atoms with Gasteiger partial charge in [-0.1, -0.05) is 17.7 Å². The summed E-state index contributed by atoms with van der Waals surface area (Å²) in [6, 6.07) is 4.14. The van der Waals surface area contributed by atoms with Gasteiger partial charge in [0.15, 0.2) is 0 Å². The van der Waals surface area contributed by atoms with Gasteiger partial charge in [-0.25, -0.2) is 4.79 Å². The first-order chi connectivity index (χ1) is 12.8. The van der Waals surface area contributed by atoms with Crippen LogP contribution in [-0.4, -0.2) is 42.3 Å². The fourth-order valence-electron chi connectivity index (χ4n) is 4.44. The van der Waals surface area contributed by atoms with E-state index in [0.717, 1.165) is 22.3 Å². The van der Waals surface area contributed by atoms with E-state index in [2.05, 4.69) is 17.4 Å². The summed E-state index contributed by atoms with van der Waals surface area (Å²) in [5.41, 5.74) is 4.10. The first-order valence-corrected chi connectivity index (χ1v) is 9.52. The summed E-state index contributed by atoms with van der Waals surface area (Å²) < 4.78 is 16.4. The Labute approximate surface area is 160 Å². The second kappa shape index (κ2) is 7.62. The average molecular weight is 375 g/mol. The Balaban J connectivity index is 2.16. The van der Waals surface area contributed by atoms with E-state index >= 15 is 0 Å². The van der Waals surface area contributed by atoms with Crippen molar-refractivity contribution in [1.82, 2.24) is 5.32 Å². The van der Waals surface area contributed by atoms with Gasteiger partial charge in [-0.05, 0) is 64.2 Å². The number of aryl methyl sites for hydroxylation is 3. The quantitative estimate of drug-likeness (QED) is 0.789. The van der Waals surface area contributed by atoms with Gasteiger partial charge in [0.2, 0.25) is 0 Å². The number of nitrogens with one attached hydrogen (secondary N) is 1. The minimum absolute atomic E-state index is 0.0150. The summed E-state index contributed by atoms with van der Waals surface area (Å²) in [5, 5.41) is 14.2. The summed E-state index contributed by atoms with van der Waals surface area (Å²) in [7, 11) is 0. The lowest BCUT2D eigenvalue weighted by Gasteiger charge is -2.38. The Bertz CT molecular complexity index is 749. The lowest BCUT2D eigenvalue weighted by molar-refractivity contribution is -0.0280. The number of carbonyl (C=O) groups excluding carboxylic acids is 1. The van der Waals surface area contributed by atoms with Crippen molar-refractivity contribution in [3.63, 3.8) is 0 Å². The number of hydrogen-bond acceptors (Lipinski definition) is 6. The van der Waals surface area contributed by atoms with E-state index in [9.17, 15) is 9.90 Å². The van der Waals surface area contributed by atoms with Crippen molar-refractivity contribution in [2.45, 2.75) is 65.3 Å². The van der Waals surface area contributed by atoms with Gasteiger partial charge < -0.3 is 19.3 Å². The highest BCUT2D eigenvalue weighted by Gasteiger charge is 2.50. The van der Waals surface area contributed by atoms with Crippen LogP contribution in [0.5, 0.6) is 0 Å². The molecule has 6 heteroatoms. The molecule has 1 aromatic carbocycles. The second-order valence-corrected chi connectivity index (χ2v) is 7.57. The molecule has 1 spiro atoms. The minimum atomic E-state index is -0.931. The molecule has 1 fully saturated rings. The molecule has 1 saturated heterocycles. The van der Waals surface area contributed by atoms with Crippen LogP contribution in [0.2, 0.25) is 0 Å². The predicted molar refractivity (Wildman–Crippen MR) is 102 cm³/mol. The van der Waals surface area contributed by atoms with Crippen molar-refractivity contribution in [1.29, 1.82) is 0 Å². The highest BCUT2D eigenvalue weighted by Crippen LogP contribution is 2.44. The molecule has 148 valence electrons. The standard InChI is InChI=1S/C21H29NO5/c1-6-25-20(24)27-18-17(16-13(3)9-12(2)10-14(16)4)19(23)22-21(18)7-8-26-15(5)11-21/h9-10,15,19,22-23H,6-8,11H2,1-5H3. The second-order valence-electron chi connectivity index (χ2n) is 7.57. The van der Waals surface area contributed by atoms with Crippen LogP contribution in [0.25, 0.3) is 5.57 Å².